The van der Waals surface area contributed by atoms with Gasteiger partial charge in [-0.1, -0.05) is 41.7 Å². The summed E-state index contributed by atoms with van der Waals surface area (Å²) in [5, 5.41) is 2.96. The predicted molar refractivity (Wildman–Crippen MR) is 148 cm³/mol. The molecule has 0 saturated carbocycles. The number of hydrogen-bond acceptors (Lipinski definition) is 6. The Hall–Kier alpha value is -3.44. The summed E-state index contributed by atoms with van der Waals surface area (Å²) in [6, 6.07) is 19.7. The van der Waals surface area contributed by atoms with E-state index in [4.69, 9.17) is 9.15 Å². The molecule has 1 aliphatic rings. The van der Waals surface area contributed by atoms with Gasteiger partial charge in [-0.25, -0.2) is 4.99 Å². The number of carbonyl (C=O) groups is 1. The fourth-order valence-electron chi connectivity index (χ4n) is 4.10. The van der Waals surface area contributed by atoms with Crippen molar-refractivity contribution in [2.45, 2.75) is 19.9 Å². The number of allylic oxidation sites excluding steroid dienone is 1. The molecule has 0 bridgehead atoms. The van der Waals surface area contributed by atoms with Crippen LogP contribution in [0.3, 0.4) is 0 Å². The molecule has 1 atom stereocenters. The molecule has 0 unspecified atom stereocenters. The Morgan fingerprint density at radius 1 is 1.17 bits per heavy atom. The highest BCUT2D eigenvalue weighted by Gasteiger charge is 2.32. The highest BCUT2D eigenvalue weighted by molar-refractivity contribution is 14.1. The Bertz CT molecular complexity index is 1630. The van der Waals surface area contributed by atoms with Crippen LogP contribution in [-0.2, 0) is 4.79 Å². The third-order valence-corrected chi connectivity index (χ3v) is 7.23. The molecule has 0 saturated heterocycles. The molecule has 0 spiro atoms. The van der Waals surface area contributed by atoms with Crippen LogP contribution in [0.4, 0.5) is 5.69 Å². The molecule has 1 aliphatic heterocycles. The van der Waals surface area contributed by atoms with E-state index in [2.05, 4.69) is 32.9 Å². The monoisotopic (exact) mass is 611 g/mol. The van der Waals surface area contributed by atoms with E-state index in [1.807, 2.05) is 73.7 Å². The lowest BCUT2D eigenvalue weighted by molar-refractivity contribution is -0.113. The molecule has 1 amide bonds. The van der Waals surface area contributed by atoms with Gasteiger partial charge in [0.2, 0.25) is 0 Å². The third kappa shape index (κ3) is 4.80. The lowest BCUT2D eigenvalue weighted by Gasteiger charge is -2.25. The number of carbonyl (C=O) groups excluding carboxylic acids is 1. The topological polar surface area (TPSA) is 85.8 Å². The van der Waals surface area contributed by atoms with Gasteiger partial charge in [-0.3, -0.25) is 14.2 Å². The molecule has 1 N–H and O–H groups in total. The van der Waals surface area contributed by atoms with Crippen LogP contribution in [0.5, 0.6) is 5.75 Å². The number of rotatable bonds is 6. The van der Waals surface area contributed by atoms with Gasteiger partial charge < -0.3 is 14.5 Å². The van der Waals surface area contributed by atoms with Gasteiger partial charge in [-0.2, -0.15) is 0 Å². The van der Waals surface area contributed by atoms with E-state index in [9.17, 15) is 9.59 Å². The number of thiazole rings is 1. The zero-order valence-corrected chi connectivity index (χ0v) is 22.5. The lowest BCUT2D eigenvalue weighted by atomic mass is 9.95. The molecule has 0 radical (unpaired) electrons. The van der Waals surface area contributed by atoms with Gasteiger partial charge >= 0.3 is 0 Å². The number of nitrogens with zero attached hydrogens (tertiary/aromatic N) is 2. The quantitative estimate of drug-likeness (QED) is 0.326. The zero-order valence-electron chi connectivity index (χ0n) is 19.5. The summed E-state index contributed by atoms with van der Waals surface area (Å²) in [5.74, 6) is 0.994. The minimum atomic E-state index is -0.653. The van der Waals surface area contributed by atoms with Crippen LogP contribution in [0.2, 0.25) is 0 Å². The number of amides is 1. The minimum Gasteiger partial charge on any atom is -0.494 e. The number of benzene rings is 2. The summed E-state index contributed by atoms with van der Waals surface area (Å²) in [6.45, 7) is 4.27. The summed E-state index contributed by atoms with van der Waals surface area (Å²) in [7, 11) is 0. The molecule has 0 aliphatic carbocycles. The van der Waals surface area contributed by atoms with Gasteiger partial charge in [0, 0.05) is 11.8 Å². The molecule has 2 aromatic heterocycles. The summed E-state index contributed by atoms with van der Waals surface area (Å²) < 4.78 is 14.0. The Morgan fingerprint density at radius 2 is 1.92 bits per heavy atom. The predicted octanol–water partition coefficient (Wildman–Crippen LogP) is 4.47. The number of halogens is 1. The smallest absolute Gasteiger partial charge is 0.271 e. The van der Waals surface area contributed by atoms with Crippen molar-refractivity contribution in [3.63, 3.8) is 0 Å². The standard InChI is InChI=1S/C27H22IN3O4S/c1-3-34-19-11-9-17(10-12-19)24-23(25(32)30-18-7-5-4-6-8-18)16(2)29-27-31(24)26(33)21(36-27)15-20-13-14-22(28)35-20/h4-15,24H,3H2,1-2H3,(H,30,32)/b21-15-/t24-/m1/s1. The number of nitrogens with one attached hydrogen (secondary N) is 1. The van der Waals surface area contributed by atoms with E-state index >= 15 is 0 Å². The van der Waals surface area contributed by atoms with Gasteiger partial charge in [-0.05, 0) is 78.4 Å². The number of hydrogen-bond donors (Lipinski definition) is 1. The van der Waals surface area contributed by atoms with Crippen molar-refractivity contribution in [2.24, 2.45) is 4.99 Å². The molecular weight excluding hydrogens is 589 g/mol. The molecule has 5 rings (SSSR count). The second kappa shape index (κ2) is 10.3. The summed E-state index contributed by atoms with van der Waals surface area (Å²) in [4.78, 5) is 32.4. The normalized spacial score (nSPS) is 15.4. The average Bonchev–Trinajstić information content (AvgIpc) is 3.41. The fraction of sp³-hybridized carbons (Fsp3) is 0.148. The first-order chi connectivity index (χ1) is 17.4. The fourth-order valence-corrected chi connectivity index (χ4v) is 5.56. The van der Waals surface area contributed by atoms with E-state index in [0.29, 0.717) is 38.7 Å². The van der Waals surface area contributed by atoms with Gasteiger partial charge in [0.05, 0.1) is 28.5 Å². The van der Waals surface area contributed by atoms with Crippen molar-refractivity contribution in [3.05, 3.63) is 113 Å². The molecule has 7 nitrogen and oxygen atoms in total. The van der Waals surface area contributed by atoms with Gasteiger partial charge in [0.15, 0.2) is 8.57 Å². The first kappa shape index (κ1) is 24.3. The van der Waals surface area contributed by atoms with E-state index in [1.54, 1.807) is 17.6 Å². The number of para-hydroxylation sites is 1. The zero-order chi connectivity index (χ0) is 25.2. The van der Waals surface area contributed by atoms with Crippen LogP contribution in [0, 0.1) is 3.77 Å². The Kier molecular flexibility index (Phi) is 6.92. The Morgan fingerprint density at radius 3 is 2.58 bits per heavy atom. The van der Waals surface area contributed by atoms with Crippen LogP contribution in [-0.4, -0.2) is 17.1 Å². The van der Waals surface area contributed by atoms with E-state index in [-0.39, 0.29) is 11.5 Å². The number of aromatic nitrogens is 1. The van der Waals surface area contributed by atoms with Crippen molar-refractivity contribution >= 4 is 51.6 Å². The molecular formula is C27H22IN3O4S. The van der Waals surface area contributed by atoms with Crippen molar-refractivity contribution < 1.29 is 13.9 Å². The van der Waals surface area contributed by atoms with Crippen LogP contribution in [0.1, 0.15) is 31.2 Å². The van der Waals surface area contributed by atoms with Crippen LogP contribution >= 0.6 is 33.9 Å². The molecule has 3 heterocycles. The molecule has 2 aromatic carbocycles. The molecule has 9 heteroatoms. The average molecular weight is 611 g/mol. The highest BCUT2D eigenvalue weighted by atomic mass is 127. The number of ether oxygens (including phenoxy) is 1. The van der Waals surface area contributed by atoms with E-state index < -0.39 is 6.04 Å². The van der Waals surface area contributed by atoms with Gasteiger partial charge in [-0.15, -0.1) is 0 Å². The Labute approximate surface area is 224 Å². The second-order valence-electron chi connectivity index (χ2n) is 8.05. The van der Waals surface area contributed by atoms with E-state index in [1.165, 1.54) is 11.3 Å². The van der Waals surface area contributed by atoms with Crippen molar-refractivity contribution in [1.82, 2.24) is 4.57 Å². The van der Waals surface area contributed by atoms with Crippen molar-refractivity contribution in [2.75, 3.05) is 11.9 Å². The number of anilines is 1. The molecule has 36 heavy (non-hydrogen) atoms. The summed E-state index contributed by atoms with van der Waals surface area (Å²) >= 11 is 3.36. The number of furan rings is 1. The maximum absolute atomic E-state index is 13.7. The van der Waals surface area contributed by atoms with Crippen molar-refractivity contribution in [1.29, 1.82) is 0 Å². The largest absolute Gasteiger partial charge is 0.494 e. The highest BCUT2D eigenvalue weighted by Crippen LogP contribution is 2.31. The first-order valence-corrected chi connectivity index (χ1v) is 13.2. The lowest BCUT2D eigenvalue weighted by Crippen LogP contribution is -2.40. The van der Waals surface area contributed by atoms with Gasteiger partial charge in [0.25, 0.3) is 11.5 Å². The Balaban J connectivity index is 1.66. The molecule has 4 aromatic rings. The van der Waals surface area contributed by atoms with Gasteiger partial charge in [0.1, 0.15) is 11.5 Å². The maximum Gasteiger partial charge on any atom is 0.271 e. The minimum absolute atomic E-state index is 0.235. The summed E-state index contributed by atoms with van der Waals surface area (Å²) in [5.41, 5.74) is 2.18. The maximum atomic E-state index is 13.7. The van der Waals surface area contributed by atoms with Crippen LogP contribution < -0.4 is 24.9 Å². The molecule has 182 valence electrons. The molecule has 0 fully saturated rings. The summed E-state index contributed by atoms with van der Waals surface area (Å²) in [6.07, 6.45) is 1.71. The van der Waals surface area contributed by atoms with Crippen LogP contribution in [0.15, 0.2) is 92.2 Å². The van der Waals surface area contributed by atoms with E-state index in [0.717, 1.165) is 15.1 Å². The van der Waals surface area contributed by atoms with Crippen LogP contribution in [0.25, 0.3) is 6.08 Å². The second-order valence-corrected chi connectivity index (χ2v) is 10.1. The SMILES string of the molecule is CCOc1ccc([C@@H]2C(C(=O)Nc3ccccc3)=C(C)N=c3s/c(=C\c4ccc(I)o4)c(=O)n32)cc1. The van der Waals surface area contributed by atoms with Crippen molar-refractivity contribution in [3.8, 4) is 5.75 Å². The number of fused-ring (bicyclic) bond motifs is 1. The first-order valence-electron chi connectivity index (χ1n) is 11.3. The third-order valence-electron chi connectivity index (χ3n) is 5.67.